The Balaban J connectivity index is 2.21. The van der Waals surface area contributed by atoms with Crippen LogP contribution in [-0.2, 0) is 20.8 Å². The minimum Gasteiger partial charge on any atom is -0.448 e. The molecule has 84 valence electrons. The predicted molar refractivity (Wildman–Crippen MR) is 54.5 cm³/mol. The number of hydrogen-bond donors (Lipinski definition) is 1. The van der Waals surface area contributed by atoms with Crippen LogP contribution in [-0.4, -0.2) is 25.1 Å². The van der Waals surface area contributed by atoms with E-state index in [2.05, 4.69) is 10.3 Å². The Morgan fingerprint density at radius 1 is 1.50 bits per heavy atom. The third-order valence-electron chi connectivity index (χ3n) is 2.39. The topological polar surface area (TPSA) is 64.6 Å². The molecule has 0 aromatic heterocycles. The molecule has 1 heterocycles. The molecule has 0 spiro atoms. The number of esters is 1. The van der Waals surface area contributed by atoms with E-state index in [4.69, 9.17) is 4.74 Å². The van der Waals surface area contributed by atoms with Crippen LogP contribution in [0.3, 0.4) is 0 Å². The molecule has 5 nitrogen and oxygen atoms in total. The van der Waals surface area contributed by atoms with Gasteiger partial charge in [0, 0.05) is 6.42 Å². The van der Waals surface area contributed by atoms with Crippen molar-refractivity contribution in [2.45, 2.75) is 12.5 Å². The molecular weight excluding hydrogens is 210 g/mol. The smallest absolute Gasteiger partial charge is 0.339 e. The van der Waals surface area contributed by atoms with Gasteiger partial charge in [-0.2, -0.15) is 0 Å². The van der Waals surface area contributed by atoms with E-state index in [-0.39, 0.29) is 0 Å². The first-order valence-electron chi connectivity index (χ1n) is 4.84. The van der Waals surface area contributed by atoms with E-state index >= 15 is 0 Å². The summed E-state index contributed by atoms with van der Waals surface area (Å²) >= 11 is 0. The third-order valence-corrected chi connectivity index (χ3v) is 2.39. The summed E-state index contributed by atoms with van der Waals surface area (Å²) < 4.78 is 5.00. The zero-order valence-corrected chi connectivity index (χ0v) is 8.73. The first kappa shape index (κ1) is 10.6. The highest BCUT2D eigenvalue weighted by atomic mass is 16.6. The van der Waals surface area contributed by atoms with Crippen LogP contribution < -0.4 is 5.48 Å². The summed E-state index contributed by atoms with van der Waals surface area (Å²) in [6, 6.07) is 7.07. The van der Waals surface area contributed by atoms with Gasteiger partial charge >= 0.3 is 5.97 Å². The van der Waals surface area contributed by atoms with E-state index in [9.17, 15) is 9.59 Å². The summed E-state index contributed by atoms with van der Waals surface area (Å²) in [4.78, 5) is 27.5. The second-order valence-electron chi connectivity index (χ2n) is 3.43. The van der Waals surface area contributed by atoms with Gasteiger partial charge in [-0.3, -0.25) is 9.63 Å². The Labute approximate surface area is 92.3 Å². The lowest BCUT2D eigenvalue weighted by atomic mass is 9.98. The van der Waals surface area contributed by atoms with Crippen LogP contribution in [0.1, 0.15) is 15.9 Å². The molecule has 1 aliphatic rings. The number of cyclic esters (lactones) is 1. The summed E-state index contributed by atoms with van der Waals surface area (Å²) in [6.45, 7) is 0. The van der Waals surface area contributed by atoms with Gasteiger partial charge in [0.15, 0.2) is 6.10 Å². The molecule has 0 saturated carbocycles. The molecule has 2 rings (SSSR count). The Morgan fingerprint density at radius 3 is 3.00 bits per heavy atom. The molecule has 0 fully saturated rings. The molecule has 1 aromatic carbocycles. The van der Waals surface area contributed by atoms with Crippen molar-refractivity contribution in [2.75, 3.05) is 7.11 Å². The highest BCUT2D eigenvalue weighted by Gasteiger charge is 2.30. The van der Waals surface area contributed by atoms with Gasteiger partial charge in [-0.1, -0.05) is 18.2 Å². The zero-order chi connectivity index (χ0) is 11.5. The van der Waals surface area contributed by atoms with E-state index in [0.29, 0.717) is 12.0 Å². The van der Waals surface area contributed by atoms with Crippen molar-refractivity contribution in [3.63, 3.8) is 0 Å². The van der Waals surface area contributed by atoms with E-state index < -0.39 is 18.0 Å². The van der Waals surface area contributed by atoms with Gasteiger partial charge in [0.1, 0.15) is 0 Å². The number of fused-ring (bicyclic) bond motifs is 1. The second-order valence-corrected chi connectivity index (χ2v) is 3.43. The second kappa shape index (κ2) is 4.32. The molecule has 5 heteroatoms. The normalized spacial score (nSPS) is 18.6. The molecular formula is C11H11NO4. The van der Waals surface area contributed by atoms with Crippen LogP contribution >= 0.6 is 0 Å². The van der Waals surface area contributed by atoms with Crippen molar-refractivity contribution in [3.8, 4) is 0 Å². The van der Waals surface area contributed by atoms with Crippen molar-refractivity contribution in [2.24, 2.45) is 0 Å². The zero-order valence-electron chi connectivity index (χ0n) is 8.73. The van der Waals surface area contributed by atoms with E-state index in [0.717, 1.165) is 5.56 Å². The lowest BCUT2D eigenvalue weighted by Crippen LogP contribution is -2.41. The van der Waals surface area contributed by atoms with Crippen LogP contribution in [0.25, 0.3) is 0 Å². The maximum Gasteiger partial charge on any atom is 0.339 e. The molecule has 0 bridgehead atoms. The number of benzene rings is 1. The Morgan fingerprint density at radius 2 is 2.25 bits per heavy atom. The fraction of sp³-hybridized carbons (Fsp3) is 0.273. The van der Waals surface area contributed by atoms with Crippen molar-refractivity contribution < 1.29 is 19.2 Å². The van der Waals surface area contributed by atoms with Gasteiger partial charge in [0.05, 0.1) is 12.7 Å². The quantitative estimate of drug-likeness (QED) is 0.581. The Bertz CT molecular complexity index is 430. The van der Waals surface area contributed by atoms with Crippen LogP contribution in [0.5, 0.6) is 0 Å². The molecule has 1 atom stereocenters. The highest BCUT2D eigenvalue weighted by Crippen LogP contribution is 2.20. The number of rotatable bonds is 2. The molecule has 16 heavy (non-hydrogen) atoms. The molecule has 1 unspecified atom stereocenters. The number of hydroxylamine groups is 1. The fourth-order valence-electron chi connectivity index (χ4n) is 1.64. The van der Waals surface area contributed by atoms with Crippen LogP contribution in [0.2, 0.25) is 0 Å². The maximum atomic E-state index is 11.6. The van der Waals surface area contributed by atoms with Gasteiger partial charge in [-0.15, -0.1) is 0 Å². The number of carbonyl (C=O) groups is 2. The third kappa shape index (κ3) is 1.90. The number of ether oxygens (including phenoxy) is 1. The number of amides is 1. The van der Waals surface area contributed by atoms with Crippen molar-refractivity contribution in [1.82, 2.24) is 5.48 Å². The molecule has 1 N–H and O–H groups in total. The number of nitrogens with one attached hydrogen (secondary N) is 1. The van der Waals surface area contributed by atoms with Gasteiger partial charge < -0.3 is 4.74 Å². The van der Waals surface area contributed by atoms with Crippen LogP contribution in [0.15, 0.2) is 24.3 Å². The number of carbonyl (C=O) groups excluding carboxylic acids is 2. The first-order chi connectivity index (χ1) is 7.72. The largest absolute Gasteiger partial charge is 0.448 e. The van der Waals surface area contributed by atoms with Gasteiger partial charge in [-0.25, -0.2) is 10.3 Å². The molecule has 0 aliphatic carbocycles. The van der Waals surface area contributed by atoms with E-state index in [1.165, 1.54) is 7.11 Å². The molecule has 1 aliphatic heterocycles. The summed E-state index contributed by atoms with van der Waals surface area (Å²) in [6.07, 6.45) is -0.445. The van der Waals surface area contributed by atoms with Crippen LogP contribution in [0, 0.1) is 0 Å². The van der Waals surface area contributed by atoms with E-state index in [1.54, 1.807) is 12.1 Å². The average Bonchev–Trinajstić information content (AvgIpc) is 2.29. The SMILES string of the molecule is CONC(=O)C1Cc2ccccc2C(=O)O1. The lowest BCUT2D eigenvalue weighted by Gasteiger charge is -2.23. The predicted octanol–water partition coefficient (Wildman–Crippen LogP) is 0.446. The highest BCUT2D eigenvalue weighted by molar-refractivity contribution is 5.95. The summed E-state index contributed by atoms with van der Waals surface area (Å²) in [7, 11) is 1.33. The van der Waals surface area contributed by atoms with Gasteiger partial charge in [-0.05, 0) is 11.6 Å². The number of hydrogen-bond acceptors (Lipinski definition) is 4. The Hall–Kier alpha value is -1.88. The van der Waals surface area contributed by atoms with Crippen molar-refractivity contribution in [3.05, 3.63) is 35.4 Å². The molecule has 0 saturated heterocycles. The van der Waals surface area contributed by atoms with Crippen molar-refractivity contribution in [1.29, 1.82) is 0 Å². The maximum absolute atomic E-state index is 11.6. The Kier molecular flexibility index (Phi) is 2.87. The fourth-order valence-corrected chi connectivity index (χ4v) is 1.64. The minimum absolute atomic E-state index is 0.372. The van der Waals surface area contributed by atoms with Gasteiger partial charge in [0.25, 0.3) is 5.91 Å². The van der Waals surface area contributed by atoms with Gasteiger partial charge in [0.2, 0.25) is 0 Å². The van der Waals surface area contributed by atoms with Crippen molar-refractivity contribution >= 4 is 11.9 Å². The lowest BCUT2D eigenvalue weighted by molar-refractivity contribution is -0.140. The first-order valence-corrected chi connectivity index (χ1v) is 4.84. The minimum atomic E-state index is -0.817. The molecule has 0 radical (unpaired) electrons. The average molecular weight is 221 g/mol. The summed E-state index contributed by atoms with van der Waals surface area (Å²) in [5.41, 5.74) is 3.48. The molecule has 1 aromatic rings. The standard InChI is InChI=1S/C11H11NO4/c1-15-12-10(13)9-6-7-4-2-3-5-8(7)11(14)16-9/h2-5,9H,6H2,1H3,(H,12,13). The van der Waals surface area contributed by atoms with Crippen LogP contribution in [0.4, 0.5) is 0 Å². The molecule has 1 amide bonds. The summed E-state index contributed by atoms with van der Waals surface area (Å²) in [5.74, 6) is -0.927. The monoisotopic (exact) mass is 221 g/mol. The van der Waals surface area contributed by atoms with E-state index in [1.807, 2.05) is 12.1 Å². The summed E-state index contributed by atoms with van der Waals surface area (Å²) in [5, 5.41) is 0.